The number of carbonyl (C=O) groups is 1. The summed E-state index contributed by atoms with van der Waals surface area (Å²) in [6.45, 7) is 3.47. The number of methoxy groups -OCH3 is 1. The Morgan fingerprint density at radius 1 is 1.44 bits per heavy atom. The van der Waals surface area contributed by atoms with Gasteiger partial charge in [-0.25, -0.2) is 13.1 Å². The van der Waals surface area contributed by atoms with Crippen LogP contribution in [-0.4, -0.2) is 50.9 Å². The predicted molar refractivity (Wildman–Crippen MR) is 72.7 cm³/mol. The summed E-state index contributed by atoms with van der Waals surface area (Å²) in [5, 5.41) is 1.49. The lowest BCUT2D eigenvalue weighted by Crippen LogP contribution is -2.49. The van der Waals surface area contributed by atoms with Gasteiger partial charge in [0.2, 0.25) is 15.9 Å². The summed E-state index contributed by atoms with van der Waals surface area (Å²) < 4.78 is 30.4. The fourth-order valence-corrected chi connectivity index (χ4v) is 2.47. The van der Waals surface area contributed by atoms with Gasteiger partial charge in [0.25, 0.3) is 0 Å². The summed E-state index contributed by atoms with van der Waals surface area (Å²) in [5.74, 6) is -0.439. The Kier molecular flexibility index (Phi) is 7.29. The van der Waals surface area contributed by atoms with Crippen molar-refractivity contribution in [1.82, 2.24) is 10.0 Å². The highest BCUT2D eigenvalue weighted by atomic mass is 32.2. The molecule has 0 aliphatic rings. The molecule has 2 atom stereocenters. The number of hydrogen-bond acceptors (Lipinski definition) is 5. The molecule has 0 saturated carbocycles. The average Bonchev–Trinajstić information content (AvgIpc) is 2.27. The van der Waals surface area contributed by atoms with E-state index in [2.05, 4.69) is 22.3 Å². The van der Waals surface area contributed by atoms with Crippen LogP contribution >= 0.6 is 12.2 Å². The van der Waals surface area contributed by atoms with Gasteiger partial charge in [0.05, 0.1) is 17.6 Å². The highest BCUT2D eigenvalue weighted by Gasteiger charge is 2.27. The van der Waals surface area contributed by atoms with Crippen LogP contribution in [0.1, 0.15) is 13.8 Å². The number of sulfonamides is 1. The highest BCUT2D eigenvalue weighted by Crippen LogP contribution is 2.00. The second-order valence-corrected chi connectivity index (χ2v) is 6.22. The van der Waals surface area contributed by atoms with E-state index in [1.54, 1.807) is 0 Å². The van der Waals surface area contributed by atoms with Crippen LogP contribution in [-0.2, 0) is 19.6 Å². The third-order valence-electron chi connectivity index (χ3n) is 2.21. The Labute approximate surface area is 112 Å². The normalized spacial score (nSPS) is 14.8. The number of nitrogens with one attached hydrogen (secondary N) is 2. The first-order valence-corrected chi connectivity index (χ1v) is 7.25. The lowest BCUT2D eigenvalue weighted by molar-refractivity contribution is -0.122. The first-order chi connectivity index (χ1) is 8.22. The lowest BCUT2D eigenvalue weighted by atomic mass is 10.3. The molecule has 0 aromatic heterocycles. The molecule has 0 saturated heterocycles. The van der Waals surface area contributed by atoms with Crippen molar-refractivity contribution >= 4 is 33.1 Å². The Morgan fingerprint density at radius 3 is 2.44 bits per heavy atom. The second-order valence-electron chi connectivity index (χ2n) is 3.71. The summed E-state index contributed by atoms with van der Waals surface area (Å²) in [7, 11) is -2.24. The van der Waals surface area contributed by atoms with Crippen LogP contribution in [0.15, 0.2) is 0 Å². The number of hydrogen-bond donors (Lipinski definition) is 3. The molecule has 0 fully saturated rings. The Balaban J connectivity index is 4.42. The van der Waals surface area contributed by atoms with Gasteiger partial charge in [-0.05, 0) is 13.8 Å². The molecule has 106 valence electrons. The van der Waals surface area contributed by atoms with Crippen LogP contribution in [0.25, 0.3) is 0 Å². The van der Waals surface area contributed by atoms with Crippen LogP contribution in [0.2, 0.25) is 0 Å². The topological polar surface area (TPSA) is 111 Å². The molecule has 0 radical (unpaired) electrons. The van der Waals surface area contributed by atoms with Gasteiger partial charge >= 0.3 is 0 Å². The number of ether oxygens (including phenoxy) is 1. The third kappa shape index (κ3) is 5.71. The van der Waals surface area contributed by atoms with Crippen LogP contribution in [0, 0.1) is 0 Å². The Morgan fingerprint density at radius 2 is 2.00 bits per heavy atom. The maximum Gasteiger partial charge on any atom is 0.237 e. The van der Waals surface area contributed by atoms with E-state index in [1.807, 2.05) is 0 Å². The molecule has 7 nitrogen and oxygen atoms in total. The highest BCUT2D eigenvalue weighted by molar-refractivity contribution is 7.93. The fourth-order valence-electron chi connectivity index (χ4n) is 0.984. The molecule has 0 aliphatic heterocycles. The smallest absolute Gasteiger partial charge is 0.237 e. The molecular formula is C9H19N3O4S2. The van der Waals surface area contributed by atoms with Crippen molar-refractivity contribution < 1.29 is 17.9 Å². The largest absolute Gasteiger partial charge is 0.392 e. The van der Waals surface area contributed by atoms with Crippen molar-refractivity contribution in [3.63, 3.8) is 0 Å². The van der Waals surface area contributed by atoms with Gasteiger partial charge < -0.3 is 15.8 Å². The second kappa shape index (κ2) is 7.62. The van der Waals surface area contributed by atoms with Crippen LogP contribution in [0.3, 0.4) is 0 Å². The van der Waals surface area contributed by atoms with E-state index in [9.17, 15) is 13.2 Å². The van der Waals surface area contributed by atoms with Crippen molar-refractivity contribution in [1.29, 1.82) is 0 Å². The molecule has 18 heavy (non-hydrogen) atoms. The molecular weight excluding hydrogens is 278 g/mol. The van der Waals surface area contributed by atoms with E-state index in [0.29, 0.717) is 13.2 Å². The molecule has 4 N–H and O–H groups in total. The quantitative estimate of drug-likeness (QED) is 0.381. The molecule has 9 heteroatoms. The van der Waals surface area contributed by atoms with Gasteiger partial charge in [-0.2, -0.15) is 0 Å². The van der Waals surface area contributed by atoms with E-state index in [1.165, 1.54) is 21.0 Å². The monoisotopic (exact) mass is 297 g/mol. The van der Waals surface area contributed by atoms with Crippen molar-refractivity contribution in [2.45, 2.75) is 25.1 Å². The number of nitrogens with two attached hydrogens (primary N) is 1. The minimum atomic E-state index is -3.74. The molecule has 1 amide bonds. The van der Waals surface area contributed by atoms with Gasteiger partial charge in [0, 0.05) is 13.7 Å². The maximum absolute atomic E-state index is 11.7. The van der Waals surface area contributed by atoms with Crippen molar-refractivity contribution in [3.8, 4) is 0 Å². The average molecular weight is 297 g/mol. The van der Waals surface area contributed by atoms with Gasteiger partial charge in [-0.3, -0.25) is 4.79 Å². The van der Waals surface area contributed by atoms with E-state index in [4.69, 9.17) is 10.5 Å². The summed E-state index contributed by atoms with van der Waals surface area (Å²) >= 11 is 4.61. The predicted octanol–water partition coefficient (Wildman–Crippen LogP) is -1.27. The molecule has 0 spiro atoms. The maximum atomic E-state index is 11.7. The lowest BCUT2D eigenvalue weighted by Gasteiger charge is -2.17. The van der Waals surface area contributed by atoms with Crippen molar-refractivity contribution in [3.05, 3.63) is 0 Å². The molecule has 0 heterocycles. The van der Waals surface area contributed by atoms with Gasteiger partial charge in [-0.15, -0.1) is 0 Å². The standard InChI is InChI=1S/C9H19N3O4S2/c1-6(9(13)11-4-5-16-3)12-18(14,15)7(2)8(10)17/h6-7,12H,4-5H2,1-3H3,(H2,10,17)(H,11,13). The number of amides is 1. The van der Waals surface area contributed by atoms with Crippen LogP contribution < -0.4 is 15.8 Å². The number of thiocarbonyl (C=S) groups is 1. The zero-order valence-corrected chi connectivity index (χ0v) is 12.2. The summed E-state index contributed by atoms with van der Waals surface area (Å²) in [5.41, 5.74) is 5.27. The van der Waals surface area contributed by atoms with Crippen molar-refractivity contribution in [2.24, 2.45) is 5.73 Å². The van der Waals surface area contributed by atoms with Crippen LogP contribution in [0.5, 0.6) is 0 Å². The van der Waals surface area contributed by atoms with Crippen molar-refractivity contribution in [2.75, 3.05) is 20.3 Å². The molecule has 0 aromatic rings. The summed E-state index contributed by atoms with van der Waals surface area (Å²) in [6.07, 6.45) is 0. The first kappa shape index (κ1) is 17.2. The van der Waals surface area contributed by atoms with E-state index in [-0.39, 0.29) is 4.99 Å². The zero-order valence-electron chi connectivity index (χ0n) is 10.6. The third-order valence-corrected chi connectivity index (χ3v) is 4.58. The number of rotatable bonds is 8. The molecule has 0 aliphatic carbocycles. The molecule has 0 aromatic carbocycles. The molecule has 0 rings (SSSR count). The van der Waals surface area contributed by atoms with Gasteiger partial charge in [0.15, 0.2) is 0 Å². The van der Waals surface area contributed by atoms with Crippen LogP contribution in [0.4, 0.5) is 0 Å². The molecule has 2 unspecified atom stereocenters. The van der Waals surface area contributed by atoms with Gasteiger partial charge in [0.1, 0.15) is 5.25 Å². The minimum Gasteiger partial charge on any atom is -0.392 e. The zero-order chi connectivity index (χ0) is 14.3. The summed E-state index contributed by atoms with van der Waals surface area (Å²) in [4.78, 5) is 11.4. The minimum absolute atomic E-state index is 0.144. The first-order valence-electron chi connectivity index (χ1n) is 5.29. The Bertz CT molecular complexity index is 397. The van der Waals surface area contributed by atoms with E-state index < -0.39 is 27.2 Å². The molecule has 0 bridgehead atoms. The fraction of sp³-hybridized carbons (Fsp3) is 0.778. The SMILES string of the molecule is COCCNC(=O)C(C)NS(=O)(=O)C(C)C(N)=S. The van der Waals surface area contributed by atoms with Gasteiger partial charge in [-0.1, -0.05) is 12.2 Å². The number of carbonyl (C=O) groups excluding carboxylic acids is 1. The van der Waals surface area contributed by atoms with E-state index in [0.717, 1.165) is 0 Å². The van der Waals surface area contributed by atoms with E-state index >= 15 is 0 Å². The Hall–Kier alpha value is -0.770. The summed E-state index contributed by atoms with van der Waals surface area (Å²) in [6, 6.07) is -0.899.